The molecule has 4 heteroatoms. The lowest BCUT2D eigenvalue weighted by molar-refractivity contribution is 0.422. The fourth-order valence-corrected chi connectivity index (χ4v) is 3.02. The van der Waals surface area contributed by atoms with E-state index in [1.807, 2.05) is 6.07 Å². The van der Waals surface area contributed by atoms with Crippen molar-refractivity contribution >= 4 is 22.9 Å². The SMILES string of the molecule is CCC(CCN)CCCNCc1ccc(Cl)s1. The topological polar surface area (TPSA) is 38.0 Å². The maximum absolute atomic E-state index is 5.87. The standard InChI is InChI=1S/C13H23ClN2S/c1-2-11(7-8-15)4-3-9-16-10-12-5-6-13(14)17-12/h5-6,11,16H,2-4,7-10,15H2,1H3. The van der Waals surface area contributed by atoms with Crippen molar-refractivity contribution in [2.75, 3.05) is 13.1 Å². The third-order valence-corrected chi connectivity index (χ3v) is 4.28. The molecular formula is C13H23ClN2S. The van der Waals surface area contributed by atoms with Crippen LogP contribution in [0.1, 0.15) is 37.5 Å². The summed E-state index contributed by atoms with van der Waals surface area (Å²) in [5, 5.41) is 3.46. The van der Waals surface area contributed by atoms with E-state index in [0.717, 1.165) is 36.3 Å². The van der Waals surface area contributed by atoms with Gasteiger partial charge in [0.1, 0.15) is 0 Å². The lowest BCUT2D eigenvalue weighted by atomic mass is 9.97. The molecule has 1 aromatic heterocycles. The Balaban J connectivity index is 2.04. The number of hydrogen-bond acceptors (Lipinski definition) is 3. The fourth-order valence-electron chi connectivity index (χ4n) is 1.96. The third-order valence-electron chi connectivity index (χ3n) is 3.05. The first-order chi connectivity index (χ1) is 8.26. The zero-order chi connectivity index (χ0) is 12.5. The van der Waals surface area contributed by atoms with Gasteiger partial charge in [0.2, 0.25) is 0 Å². The summed E-state index contributed by atoms with van der Waals surface area (Å²) in [5.41, 5.74) is 5.59. The molecule has 0 fully saturated rings. The van der Waals surface area contributed by atoms with Crippen LogP contribution in [0.3, 0.4) is 0 Å². The van der Waals surface area contributed by atoms with Crippen molar-refractivity contribution in [2.24, 2.45) is 11.7 Å². The summed E-state index contributed by atoms with van der Waals surface area (Å²) in [4.78, 5) is 1.31. The predicted octanol–water partition coefficient (Wildman–Crippen LogP) is 3.65. The summed E-state index contributed by atoms with van der Waals surface area (Å²) in [6.45, 7) is 5.09. The minimum absolute atomic E-state index is 0.804. The molecule has 0 aliphatic rings. The van der Waals surface area contributed by atoms with Crippen LogP contribution in [0.2, 0.25) is 4.34 Å². The van der Waals surface area contributed by atoms with Crippen molar-refractivity contribution in [2.45, 2.75) is 39.2 Å². The van der Waals surface area contributed by atoms with Gasteiger partial charge in [-0.25, -0.2) is 0 Å². The first-order valence-corrected chi connectivity index (χ1v) is 7.60. The van der Waals surface area contributed by atoms with Crippen molar-refractivity contribution in [3.8, 4) is 0 Å². The molecule has 1 aromatic rings. The van der Waals surface area contributed by atoms with Gasteiger partial charge in [0.25, 0.3) is 0 Å². The van der Waals surface area contributed by atoms with E-state index in [0.29, 0.717) is 0 Å². The number of nitrogens with one attached hydrogen (secondary N) is 1. The van der Waals surface area contributed by atoms with Crippen LogP contribution in [-0.2, 0) is 6.54 Å². The summed E-state index contributed by atoms with van der Waals surface area (Å²) in [5.74, 6) is 0.804. The summed E-state index contributed by atoms with van der Waals surface area (Å²) < 4.78 is 0.871. The van der Waals surface area contributed by atoms with Gasteiger partial charge in [-0.1, -0.05) is 24.9 Å². The van der Waals surface area contributed by atoms with Crippen molar-refractivity contribution in [3.63, 3.8) is 0 Å². The predicted molar refractivity (Wildman–Crippen MR) is 77.7 cm³/mol. The average Bonchev–Trinajstić information content (AvgIpc) is 2.73. The minimum atomic E-state index is 0.804. The van der Waals surface area contributed by atoms with E-state index in [-0.39, 0.29) is 0 Å². The highest BCUT2D eigenvalue weighted by molar-refractivity contribution is 7.16. The van der Waals surface area contributed by atoms with E-state index in [2.05, 4.69) is 18.3 Å². The maximum Gasteiger partial charge on any atom is 0.0931 e. The van der Waals surface area contributed by atoms with Gasteiger partial charge in [-0.15, -0.1) is 11.3 Å². The molecule has 17 heavy (non-hydrogen) atoms. The zero-order valence-corrected chi connectivity index (χ0v) is 12.1. The van der Waals surface area contributed by atoms with E-state index in [9.17, 15) is 0 Å². The van der Waals surface area contributed by atoms with Gasteiger partial charge in [-0.3, -0.25) is 0 Å². The van der Waals surface area contributed by atoms with E-state index >= 15 is 0 Å². The Morgan fingerprint density at radius 2 is 2.24 bits per heavy atom. The van der Waals surface area contributed by atoms with Crippen LogP contribution in [0.4, 0.5) is 0 Å². The first-order valence-electron chi connectivity index (χ1n) is 6.41. The molecule has 0 amide bonds. The average molecular weight is 275 g/mol. The quantitative estimate of drug-likeness (QED) is 0.675. The lowest BCUT2D eigenvalue weighted by Gasteiger charge is -2.13. The second kappa shape index (κ2) is 8.92. The number of nitrogens with two attached hydrogens (primary N) is 1. The van der Waals surface area contributed by atoms with Crippen molar-refractivity contribution in [1.29, 1.82) is 0 Å². The molecular weight excluding hydrogens is 252 g/mol. The summed E-state index contributed by atoms with van der Waals surface area (Å²) in [6.07, 6.45) is 4.93. The Bertz CT molecular complexity index is 301. The molecule has 0 saturated heterocycles. The molecule has 2 nitrogen and oxygen atoms in total. The summed E-state index contributed by atoms with van der Waals surface area (Å²) in [7, 11) is 0. The fraction of sp³-hybridized carbons (Fsp3) is 0.692. The molecule has 0 aromatic carbocycles. The molecule has 0 saturated carbocycles. The number of hydrogen-bond donors (Lipinski definition) is 2. The maximum atomic E-state index is 5.87. The highest BCUT2D eigenvalue weighted by Gasteiger charge is 2.04. The van der Waals surface area contributed by atoms with E-state index in [4.69, 9.17) is 17.3 Å². The second-order valence-corrected chi connectivity index (χ2v) is 6.18. The molecule has 1 rings (SSSR count). The molecule has 0 aliphatic heterocycles. The van der Waals surface area contributed by atoms with Crippen molar-refractivity contribution in [1.82, 2.24) is 5.32 Å². The van der Waals surface area contributed by atoms with Crippen LogP contribution in [0.5, 0.6) is 0 Å². The molecule has 0 spiro atoms. The molecule has 1 heterocycles. The molecule has 0 bridgehead atoms. The van der Waals surface area contributed by atoms with E-state index in [1.165, 1.54) is 24.1 Å². The largest absolute Gasteiger partial charge is 0.330 e. The Morgan fingerprint density at radius 1 is 1.41 bits per heavy atom. The van der Waals surface area contributed by atoms with Crippen LogP contribution in [0.25, 0.3) is 0 Å². The molecule has 98 valence electrons. The van der Waals surface area contributed by atoms with Crippen LogP contribution < -0.4 is 11.1 Å². The monoisotopic (exact) mass is 274 g/mol. The van der Waals surface area contributed by atoms with Gasteiger partial charge in [-0.05, 0) is 50.4 Å². The lowest BCUT2D eigenvalue weighted by Crippen LogP contribution is -2.16. The smallest absolute Gasteiger partial charge is 0.0931 e. The van der Waals surface area contributed by atoms with E-state index < -0.39 is 0 Å². The van der Waals surface area contributed by atoms with Gasteiger partial charge in [-0.2, -0.15) is 0 Å². The number of halogens is 1. The van der Waals surface area contributed by atoms with Crippen molar-refractivity contribution in [3.05, 3.63) is 21.3 Å². The normalized spacial score (nSPS) is 12.9. The molecule has 1 unspecified atom stereocenters. The first kappa shape index (κ1) is 15.0. The van der Waals surface area contributed by atoms with Crippen LogP contribution in [0.15, 0.2) is 12.1 Å². The Labute approximate surface area is 114 Å². The molecule has 0 aliphatic carbocycles. The van der Waals surface area contributed by atoms with Crippen LogP contribution >= 0.6 is 22.9 Å². The van der Waals surface area contributed by atoms with Gasteiger partial charge in [0.15, 0.2) is 0 Å². The summed E-state index contributed by atoms with van der Waals surface area (Å²) >= 11 is 7.53. The van der Waals surface area contributed by atoms with Gasteiger partial charge < -0.3 is 11.1 Å². The van der Waals surface area contributed by atoms with Gasteiger partial charge in [0.05, 0.1) is 4.34 Å². The zero-order valence-electron chi connectivity index (χ0n) is 10.5. The Kier molecular flexibility index (Phi) is 7.86. The van der Waals surface area contributed by atoms with Crippen LogP contribution in [0, 0.1) is 5.92 Å². The Hall–Kier alpha value is -0.0900. The number of thiophene rings is 1. The summed E-state index contributed by atoms with van der Waals surface area (Å²) in [6, 6.07) is 4.04. The molecule has 0 radical (unpaired) electrons. The minimum Gasteiger partial charge on any atom is -0.330 e. The van der Waals surface area contributed by atoms with Gasteiger partial charge >= 0.3 is 0 Å². The second-order valence-electron chi connectivity index (χ2n) is 4.38. The van der Waals surface area contributed by atoms with Gasteiger partial charge in [0, 0.05) is 11.4 Å². The highest BCUT2D eigenvalue weighted by atomic mass is 35.5. The third kappa shape index (κ3) is 6.41. The molecule has 3 N–H and O–H groups in total. The number of rotatable bonds is 9. The highest BCUT2D eigenvalue weighted by Crippen LogP contribution is 2.21. The van der Waals surface area contributed by atoms with Crippen molar-refractivity contribution < 1.29 is 0 Å². The molecule has 1 atom stereocenters. The van der Waals surface area contributed by atoms with Crippen LogP contribution in [-0.4, -0.2) is 13.1 Å². The van der Waals surface area contributed by atoms with E-state index in [1.54, 1.807) is 11.3 Å². The Morgan fingerprint density at radius 3 is 2.82 bits per heavy atom.